The van der Waals surface area contributed by atoms with Crippen LogP contribution in [-0.2, 0) is 0 Å². The van der Waals surface area contributed by atoms with Crippen molar-refractivity contribution in [2.75, 3.05) is 37.7 Å². The quantitative estimate of drug-likeness (QED) is 0.780. The molecule has 1 aromatic heterocycles. The summed E-state index contributed by atoms with van der Waals surface area (Å²) in [5.74, 6) is 2.10. The second-order valence-corrected chi connectivity index (χ2v) is 3.95. The topological polar surface area (TPSA) is 67.1 Å². The van der Waals surface area contributed by atoms with Crippen LogP contribution in [0.3, 0.4) is 0 Å². The number of nitrogens with zero attached hydrogens (tertiary/aromatic N) is 3. The Balaban J connectivity index is 2.60. The van der Waals surface area contributed by atoms with Crippen molar-refractivity contribution >= 4 is 11.6 Å². The molecule has 5 heteroatoms. The highest BCUT2D eigenvalue weighted by atomic mass is 15.1. The van der Waals surface area contributed by atoms with Gasteiger partial charge in [-0.15, -0.1) is 0 Å². The third-order valence-corrected chi connectivity index (χ3v) is 2.62. The van der Waals surface area contributed by atoms with Crippen molar-refractivity contribution in [2.45, 2.75) is 20.8 Å². The molecule has 0 amide bonds. The first-order valence-electron chi connectivity index (χ1n) is 5.57. The van der Waals surface area contributed by atoms with Crippen molar-refractivity contribution in [3.63, 3.8) is 0 Å². The average molecular weight is 223 g/mol. The van der Waals surface area contributed by atoms with Gasteiger partial charge in [0.15, 0.2) is 0 Å². The van der Waals surface area contributed by atoms with E-state index in [4.69, 9.17) is 5.73 Å². The SMILES string of the molecule is CCN(C)CCNc1nc(C)nc(N)c1C. The summed E-state index contributed by atoms with van der Waals surface area (Å²) in [6.45, 7) is 8.81. The van der Waals surface area contributed by atoms with E-state index in [9.17, 15) is 0 Å². The van der Waals surface area contributed by atoms with Crippen molar-refractivity contribution in [1.82, 2.24) is 14.9 Å². The maximum Gasteiger partial charge on any atom is 0.134 e. The first-order chi connectivity index (χ1) is 7.54. The molecule has 0 atom stereocenters. The molecule has 0 radical (unpaired) electrons. The third kappa shape index (κ3) is 3.34. The van der Waals surface area contributed by atoms with Crippen molar-refractivity contribution in [2.24, 2.45) is 0 Å². The minimum Gasteiger partial charge on any atom is -0.383 e. The minimum absolute atomic E-state index is 0.554. The summed E-state index contributed by atoms with van der Waals surface area (Å²) in [6.07, 6.45) is 0. The fourth-order valence-electron chi connectivity index (χ4n) is 1.35. The number of hydrogen-bond donors (Lipinski definition) is 2. The van der Waals surface area contributed by atoms with E-state index in [1.807, 2.05) is 13.8 Å². The molecule has 0 saturated heterocycles. The van der Waals surface area contributed by atoms with Crippen molar-refractivity contribution in [1.29, 1.82) is 0 Å². The Hall–Kier alpha value is -1.36. The Bertz CT molecular complexity index is 350. The van der Waals surface area contributed by atoms with Gasteiger partial charge in [0, 0.05) is 18.7 Å². The zero-order chi connectivity index (χ0) is 12.1. The van der Waals surface area contributed by atoms with Gasteiger partial charge in [0.2, 0.25) is 0 Å². The number of aryl methyl sites for hydroxylation is 1. The van der Waals surface area contributed by atoms with Gasteiger partial charge in [0.25, 0.3) is 0 Å². The lowest BCUT2D eigenvalue weighted by molar-refractivity contribution is 0.367. The monoisotopic (exact) mass is 223 g/mol. The van der Waals surface area contributed by atoms with Gasteiger partial charge in [0.1, 0.15) is 17.5 Å². The van der Waals surface area contributed by atoms with Crippen LogP contribution in [0.4, 0.5) is 11.6 Å². The number of anilines is 2. The number of hydrogen-bond acceptors (Lipinski definition) is 5. The van der Waals surface area contributed by atoms with Crippen molar-refractivity contribution in [3.05, 3.63) is 11.4 Å². The normalized spacial score (nSPS) is 10.8. The van der Waals surface area contributed by atoms with Gasteiger partial charge in [-0.1, -0.05) is 6.92 Å². The van der Waals surface area contributed by atoms with Gasteiger partial charge < -0.3 is 16.0 Å². The number of likely N-dealkylation sites (N-methyl/N-ethyl adjacent to an activating group) is 1. The Labute approximate surface area is 97.1 Å². The molecular weight excluding hydrogens is 202 g/mol. The molecular formula is C11H21N5. The van der Waals surface area contributed by atoms with E-state index in [0.717, 1.165) is 31.0 Å². The summed E-state index contributed by atoms with van der Waals surface area (Å²) < 4.78 is 0. The predicted molar refractivity (Wildman–Crippen MR) is 67.6 cm³/mol. The van der Waals surface area contributed by atoms with Crippen LogP contribution in [0.1, 0.15) is 18.3 Å². The molecule has 1 heterocycles. The fourth-order valence-corrected chi connectivity index (χ4v) is 1.35. The zero-order valence-electron chi connectivity index (χ0n) is 10.5. The van der Waals surface area contributed by atoms with Crippen LogP contribution in [0, 0.1) is 13.8 Å². The zero-order valence-corrected chi connectivity index (χ0v) is 10.5. The van der Waals surface area contributed by atoms with Gasteiger partial charge >= 0.3 is 0 Å². The van der Waals surface area contributed by atoms with E-state index in [1.54, 1.807) is 0 Å². The molecule has 0 aliphatic carbocycles. The van der Waals surface area contributed by atoms with Gasteiger partial charge in [-0.25, -0.2) is 9.97 Å². The van der Waals surface area contributed by atoms with Gasteiger partial charge in [-0.3, -0.25) is 0 Å². The molecule has 3 N–H and O–H groups in total. The highest BCUT2D eigenvalue weighted by Crippen LogP contribution is 2.16. The van der Waals surface area contributed by atoms with E-state index in [-0.39, 0.29) is 0 Å². The first kappa shape index (κ1) is 12.7. The van der Waals surface area contributed by atoms with Gasteiger partial charge in [0.05, 0.1) is 0 Å². The van der Waals surface area contributed by atoms with Gasteiger partial charge in [-0.2, -0.15) is 0 Å². The molecule has 0 aliphatic rings. The summed E-state index contributed by atoms with van der Waals surface area (Å²) in [4.78, 5) is 10.7. The van der Waals surface area contributed by atoms with E-state index in [0.29, 0.717) is 11.6 Å². The molecule has 0 spiro atoms. The maximum atomic E-state index is 5.78. The molecule has 0 aromatic carbocycles. The fraction of sp³-hybridized carbons (Fsp3) is 0.636. The standard InChI is InChI=1S/C11H21N5/c1-5-16(4)7-6-13-11-8(2)10(12)14-9(3)15-11/h5-7H2,1-4H3,(H3,12,13,14,15). The molecule has 0 unspecified atom stereocenters. The highest BCUT2D eigenvalue weighted by Gasteiger charge is 2.05. The summed E-state index contributed by atoms with van der Waals surface area (Å²) in [5.41, 5.74) is 6.70. The molecule has 0 bridgehead atoms. The second-order valence-electron chi connectivity index (χ2n) is 3.95. The summed E-state index contributed by atoms with van der Waals surface area (Å²) in [5, 5.41) is 3.29. The number of nitrogens with one attached hydrogen (secondary N) is 1. The molecule has 16 heavy (non-hydrogen) atoms. The summed E-state index contributed by atoms with van der Waals surface area (Å²) in [7, 11) is 2.09. The molecule has 0 fully saturated rings. The van der Waals surface area contributed by atoms with E-state index >= 15 is 0 Å². The van der Waals surface area contributed by atoms with Crippen LogP contribution >= 0.6 is 0 Å². The van der Waals surface area contributed by atoms with Crippen molar-refractivity contribution < 1.29 is 0 Å². The number of rotatable bonds is 5. The largest absolute Gasteiger partial charge is 0.383 e. The number of aromatic nitrogens is 2. The molecule has 90 valence electrons. The highest BCUT2D eigenvalue weighted by molar-refractivity contribution is 5.54. The molecule has 0 aliphatic heterocycles. The van der Waals surface area contributed by atoms with Crippen LogP contribution < -0.4 is 11.1 Å². The van der Waals surface area contributed by atoms with E-state index < -0.39 is 0 Å². The van der Waals surface area contributed by atoms with Crippen LogP contribution in [-0.4, -0.2) is 41.5 Å². The molecule has 1 rings (SSSR count). The number of nitrogen functional groups attached to an aromatic ring is 1. The average Bonchev–Trinajstić information content (AvgIpc) is 2.24. The van der Waals surface area contributed by atoms with Crippen molar-refractivity contribution in [3.8, 4) is 0 Å². The second kappa shape index (κ2) is 5.65. The number of nitrogens with two attached hydrogens (primary N) is 1. The summed E-state index contributed by atoms with van der Waals surface area (Å²) in [6, 6.07) is 0. The van der Waals surface area contributed by atoms with Crippen LogP contribution in [0.25, 0.3) is 0 Å². The van der Waals surface area contributed by atoms with E-state index in [1.165, 1.54) is 0 Å². The van der Waals surface area contributed by atoms with Gasteiger partial charge in [-0.05, 0) is 27.4 Å². The lowest BCUT2D eigenvalue weighted by Crippen LogP contribution is -2.25. The first-order valence-corrected chi connectivity index (χ1v) is 5.57. The predicted octanol–water partition coefficient (Wildman–Crippen LogP) is 1.04. The third-order valence-electron chi connectivity index (χ3n) is 2.62. The minimum atomic E-state index is 0.554. The Morgan fingerprint density at radius 3 is 2.62 bits per heavy atom. The Morgan fingerprint density at radius 2 is 2.00 bits per heavy atom. The molecule has 0 saturated carbocycles. The van der Waals surface area contributed by atoms with E-state index in [2.05, 4.69) is 34.2 Å². The maximum absolute atomic E-state index is 5.78. The lowest BCUT2D eigenvalue weighted by Gasteiger charge is -2.15. The molecule has 5 nitrogen and oxygen atoms in total. The van der Waals surface area contributed by atoms with Crippen LogP contribution in [0.2, 0.25) is 0 Å². The smallest absolute Gasteiger partial charge is 0.134 e. The Morgan fingerprint density at radius 1 is 1.31 bits per heavy atom. The lowest BCUT2D eigenvalue weighted by atomic mass is 10.3. The van der Waals surface area contributed by atoms with Crippen LogP contribution in [0.15, 0.2) is 0 Å². The molecule has 1 aromatic rings. The Kier molecular flexibility index (Phi) is 4.49. The van der Waals surface area contributed by atoms with Crippen LogP contribution in [0.5, 0.6) is 0 Å². The summed E-state index contributed by atoms with van der Waals surface area (Å²) >= 11 is 0.